The van der Waals surface area contributed by atoms with Gasteiger partial charge < -0.3 is 14.8 Å². The number of rotatable bonds is 9. The fourth-order valence-electron chi connectivity index (χ4n) is 2.31. The molecule has 0 amide bonds. The van der Waals surface area contributed by atoms with E-state index in [4.69, 9.17) is 9.52 Å². The molecular formula is C17H20N4O2S. The maximum absolute atomic E-state index is 8.79. The van der Waals surface area contributed by atoms with Gasteiger partial charge in [0.15, 0.2) is 10.9 Å². The van der Waals surface area contributed by atoms with E-state index in [0.717, 1.165) is 23.3 Å². The monoisotopic (exact) mass is 344 g/mol. The van der Waals surface area contributed by atoms with Gasteiger partial charge in [-0.1, -0.05) is 42.1 Å². The van der Waals surface area contributed by atoms with Crippen molar-refractivity contribution in [3.63, 3.8) is 0 Å². The summed E-state index contributed by atoms with van der Waals surface area (Å²) in [5.74, 6) is 2.30. The lowest BCUT2D eigenvalue weighted by Gasteiger charge is -2.09. The third kappa shape index (κ3) is 4.25. The molecule has 7 heteroatoms. The summed E-state index contributed by atoms with van der Waals surface area (Å²) in [6, 6.07) is 14.0. The van der Waals surface area contributed by atoms with E-state index in [0.29, 0.717) is 18.8 Å². The van der Waals surface area contributed by atoms with Crippen molar-refractivity contribution in [2.75, 3.05) is 25.4 Å². The number of aromatic nitrogens is 3. The molecule has 3 rings (SSSR count). The van der Waals surface area contributed by atoms with E-state index in [2.05, 4.69) is 32.2 Å². The number of nitrogens with zero attached hydrogens (tertiary/aromatic N) is 3. The summed E-state index contributed by atoms with van der Waals surface area (Å²) in [7, 11) is 0. The zero-order valence-corrected chi connectivity index (χ0v) is 14.1. The Kier molecular flexibility index (Phi) is 6.06. The normalized spacial score (nSPS) is 11.0. The molecule has 0 spiro atoms. The number of furan rings is 1. The Labute approximate surface area is 144 Å². The molecule has 3 aromatic rings. The van der Waals surface area contributed by atoms with Crippen LogP contribution >= 0.6 is 11.8 Å². The lowest BCUT2D eigenvalue weighted by molar-refractivity contribution is 0.294. The summed E-state index contributed by atoms with van der Waals surface area (Å²) in [6.45, 7) is 2.25. The predicted octanol–water partition coefficient (Wildman–Crippen LogP) is 2.26. The first-order valence-electron chi connectivity index (χ1n) is 7.84. The van der Waals surface area contributed by atoms with Crippen molar-refractivity contribution in [3.8, 4) is 11.6 Å². The Morgan fingerprint density at radius 2 is 1.96 bits per heavy atom. The van der Waals surface area contributed by atoms with Gasteiger partial charge in [-0.15, -0.1) is 10.2 Å². The molecule has 0 aliphatic rings. The summed E-state index contributed by atoms with van der Waals surface area (Å²) >= 11 is 1.64. The Hall–Kier alpha value is -2.09. The first-order chi connectivity index (χ1) is 11.9. The molecule has 0 bridgehead atoms. The quantitative estimate of drug-likeness (QED) is 0.458. The molecule has 6 nitrogen and oxygen atoms in total. The number of nitrogens with one attached hydrogen (secondary N) is 1. The molecule has 2 heterocycles. The molecule has 126 valence electrons. The summed E-state index contributed by atoms with van der Waals surface area (Å²) in [5, 5.41) is 21.4. The maximum atomic E-state index is 8.79. The average Bonchev–Trinajstić information content (AvgIpc) is 3.26. The van der Waals surface area contributed by atoms with E-state index < -0.39 is 0 Å². The summed E-state index contributed by atoms with van der Waals surface area (Å²) in [5.41, 5.74) is 1.19. The Morgan fingerprint density at radius 3 is 2.71 bits per heavy atom. The van der Waals surface area contributed by atoms with Gasteiger partial charge in [-0.05, 0) is 17.7 Å². The molecule has 0 radical (unpaired) electrons. The third-order valence-electron chi connectivity index (χ3n) is 3.44. The van der Waals surface area contributed by atoms with Crippen LogP contribution in [0.3, 0.4) is 0 Å². The smallest absolute Gasteiger partial charge is 0.200 e. The van der Waals surface area contributed by atoms with Gasteiger partial charge in [0.1, 0.15) is 0 Å². The molecule has 1 aromatic carbocycles. The van der Waals surface area contributed by atoms with Crippen molar-refractivity contribution in [1.29, 1.82) is 0 Å². The number of hydrogen-bond acceptors (Lipinski definition) is 6. The van der Waals surface area contributed by atoms with Gasteiger partial charge in [0, 0.05) is 18.8 Å². The summed E-state index contributed by atoms with van der Waals surface area (Å²) < 4.78 is 7.57. The van der Waals surface area contributed by atoms with Crippen LogP contribution in [0, 0.1) is 0 Å². The van der Waals surface area contributed by atoms with Crippen molar-refractivity contribution in [2.24, 2.45) is 0 Å². The molecule has 0 aliphatic carbocycles. The lowest BCUT2D eigenvalue weighted by Crippen LogP contribution is -2.21. The minimum atomic E-state index is 0.150. The highest BCUT2D eigenvalue weighted by atomic mass is 32.2. The minimum absolute atomic E-state index is 0.150. The predicted molar refractivity (Wildman–Crippen MR) is 93.9 cm³/mol. The van der Waals surface area contributed by atoms with Crippen LogP contribution in [-0.2, 0) is 6.54 Å². The molecule has 0 atom stereocenters. The van der Waals surface area contributed by atoms with Crippen molar-refractivity contribution >= 4 is 11.8 Å². The van der Waals surface area contributed by atoms with Crippen LogP contribution < -0.4 is 5.32 Å². The molecule has 0 fully saturated rings. The van der Waals surface area contributed by atoms with Crippen molar-refractivity contribution in [1.82, 2.24) is 20.1 Å². The van der Waals surface area contributed by atoms with E-state index >= 15 is 0 Å². The zero-order chi connectivity index (χ0) is 16.6. The van der Waals surface area contributed by atoms with Gasteiger partial charge in [0.05, 0.1) is 19.4 Å². The number of aliphatic hydroxyl groups excluding tert-OH is 1. The van der Waals surface area contributed by atoms with Gasteiger partial charge in [-0.3, -0.25) is 4.57 Å². The molecule has 24 heavy (non-hydrogen) atoms. The van der Waals surface area contributed by atoms with Crippen LogP contribution in [0.15, 0.2) is 58.3 Å². The van der Waals surface area contributed by atoms with Crippen LogP contribution in [0.25, 0.3) is 11.6 Å². The summed E-state index contributed by atoms with van der Waals surface area (Å²) in [6.07, 6.45) is 1.64. The van der Waals surface area contributed by atoms with E-state index in [1.54, 1.807) is 18.0 Å². The minimum Gasteiger partial charge on any atom is -0.461 e. The second-order valence-corrected chi connectivity index (χ2v) is 6.24. The lowest BCUT2D eigenvalue weighted by atomic mass is 10.2. The van der Waals surface area contributed by atoms with Gasteiger partial charge in [-0.25, -0.2) is 0 Å². The van der Waals surface area contributed by atoms with Gasteiger partial charge in [0.25, 0.3) is 0 Å². The van der Waals surface area contributed by atoms with Crippen LogP contribution in [-0.4, -0.2) is 45.3 Å². The summed E-state index contributed by atoms with van der Waals surface area (Å²) in [4.78, 5) is 0. The molecule has 0 saturated heterocycles. The molecule has 2 aromatic heterocycles. The van der Waals surface area contributed by atoms with Crippen molar-refractivity contribution in [2.45, 2.75) is 11.7 Å². The average molecular weight is 344 g/mol. The van der Waals surface area contributed by atoms with E-state index in [-0.39, 0.29) is 6.61 Å². The molecule has 0 saturated carbocycles. The van der Waals surface area contributed by atoms with E-state index in [9.17, 15) is 0 Å². The highest BCUT2D eigenvalue weighted by molar-refractivity contribution is 7.99. The fraction of sp³-hybridized carbons (Fsp3) is 0.294. The van der Waals surface area contributed by atoms with Crippen molar-refractivity contribution in [3.05, 3.63) is 54.3 Å². The van der Waals surface area contributed by atoms with Gasteiger partial charge in [0.2, 0.25) is 5.82 Å². The highest BCUT2D eigenvalue weighted by Crippen LogP contribution is 2.25. The number of aliphatic hydroxyl groups is 1. The molecular weight excluding hydrogens is 324 g/mol. The van der Waals surface area contributed by atoms with Crippen LogP contribution in [0.4, 0.5) is 0 Å². The van der Waals surface area contributed by atoms with Crippen LogP contribution in [0.2, 0.25) is 0 Å². The SMILES string of the molecule is OCCNCCSc1nnc(-c2ccco2)n1Cc1ccccc1. The largest absolute Gasteiger partial charge is 0.461 e. The number of benzene rings is 1. The second kappa shape index (κ2) is 8.68. The molecule has 0 aliphatic heterocycles. The van der Waals surface area contributed by atoms with E-state index in [1.807, 2.05) is 30.3 Å². The van der Waals surface area contributed by atoms with Crippen LogP contribution in [0.5, 0.6) is 0 Å². The topological polar surface area (TPSA) is 76.1 Å². The fourth-order valence-corrected chi connectivity index (χ4v) is 3.15. The molecule has 0 unspecified atom stereocenters. The standard InChI is InChI=1S/C17H20N4O2S/c22-10-8-18-9-12-24-17-20-19-16(15-7-4-11-23-15)21(17)13-14-5-2-1-3-6-14/h1-7,11,18,22H,8-10,12-13H2. The highest BCUT2D eigenvalue weighted by Gasteiger charge is 2.16. The number of thioether (sulfide) groups is 1. The Morgan fingerprint density at radius 1 is 1.08 bits per heavy atom. The van der Waals surface area contributed by atoms with E-state index in [1.165, 1.54) is 5.56 Å². The molecule has 2 N–H and O–H groups in total. The first kappa shape index (κ1) is 16.8. The third-order valence-corrected chi connectivity index (χ3v) is 4.41. The Bertz CT molecular complexity index is 728. The second-order valence-electron chi connectivity index (χ2n) is 5.18. The van der Waals surface area contributed by atoms with Crippen molar-refractivity contribution < 1.29 is 9.52 Å². The van der Waals surface area contributed by atoms with Gasteiger partial charge in [-0.2, -0.15) is 0 Å². The van der Waals surface area contributed by atoms with Crippen LogP contribution in [0.1, 0.15) is 5.56 Å². The number of hydrogen-bond donors (Lipinski definition) is 2. The van der Waals surface area contributed by atoms with Gasteiger partial charge >= 0.3 is 0 Å². The maximum Gasteiger partial charge on any atom is 0.200 e. The Balaban J connectivity index is 1.77. The zero-order valence-electron chi connectivity index (χ0n) is 13.3. The first-order valence-corrected chi connectivity index (χ1v) is 8.82.